The average Bonchev–Trinajstić information content (AvgIpc) is 3.26. The maximum absolute atomic E-state index is 12.1. The normalized spacial score (nSPS) is 10.2. The molecule has 1 amide bonds. The summed E-state index contributed by atoms with van der Waals surface area (Å²) < 4.78 is 15.4. The SMILES string of the molecule is COc1cc(NC(=O)COC(=O)c2ccc(-c3ncc[nH]3)cc2)cc(OC)c1. The Morgan fingerprint density at radius 2 is 1.71 bits per heavy atom. The maximum atomic E-state index is 12.1. The number of carbonyl (C=O) groups excluding carboxylic acids is 2. The van der Waals surface area contributed by atoms with Crippen LogP contribution >= 0.6 is 0 Å². The van der Waals surface area contributed by atoms with Gasteiger partial charge in [-0.05, 0) is 12.1 Å². The van der Waals surface area contributed by atoms with Gasteiger partial charge < -0.3 is 24.5 Å². The van der Waals surface area contributed by atoms with Crippen LogP contribution in [-0.2, 0) is 9.53 Å². The topological polar surface area (TPSA) is 103 Å². The Morgan fingerprint density at radius 1 is 1.04 bits per heavy atom. The van der Waals surface area contributed by atoms with Crippen LogP contribution in [0, 0.1) is 0 Å². The minimum absolute atomic E-state index is 0.339. The molecular formula is C20H19N3O5. The second kappa shape index (κ2) is 8.72. The molecule has 3 aromatic rings. The summed E-state index contributed by atoms with van der Waals surface area (Å²) in [4.78, 5) is 31.3. The highest BCUT2D eigenvalue weighted by atomic mass is 16.5. The van der Waals surface area contributed by atoms with E-state index in [9.17, 15) is 9.59 Å². The Labute approximate surface area is 161 Å². The van der Waals surface area contributed by atoms with E-state index in [1.807, 2.05) is 0 Å². The molecule has 1 aromatic heterocycles. The second-order valence-electron chi connectivity index (χ2n) is 5.74. The molecule has 0 saturated heterocycles. The maximum Gasteiger partial charge on any atom is 0.338 e. The number of nitrogens with one attached hydrogen (secondary N) is 2. The number of anilines is 1. The van der Waals surface area contributed by atoms with Crippen LogP contribution in [0.5, 0.6) is 11.5 Å². The zero-order valence-electron chi connectivity index (χ0n) is 15.4. The van der Waals surface area contributed by atoms with Crippen molar-refractivity contribution in [1.82, 2.24) is 9.97 Å². The molecule has 3 rings (SSSR count). The van der Waals surface area contributed by atoms with E-state index in [2.05, 4.69) is 15.3 Å². The molecule has 0 aliphatic carbocycles. The number of rotatable bonds is 7. The molecule has 0 spiro atoms. The number of ether oxygens (including phenoxy) is 3. The highest BCUT2D eigenvalue weighted by Crippen LogP contribution is 2.25. The van der Waals surface area contributed by atoms with Gasteiger partial charge in [-0.15, -0.1) is 0 Å². The fourth-order valence-corrected chi connectivity index (χ4v) is 2.48. The summed E-state index contributed by atoms with van der Waals surface area (Å²) in [5.41, 5.74) is 1.65. The van der Waals surface area contributed by atoms with Crippen LogP contribution in [0.1, 0.15) is 10.4 Å². The molecule has 0 aliphatic rings. The van der Waals surface area contributed by atoms with Crippen molar-refractivity contribution < 1.29 is 23.8 Å². The van der Waals surface area contributed by atoms with Gasteiger partial charge in [-0.2, -0.15) is 0 Å². The Morgan fingerprint density at radius 3 is 2.29 bits per heavy atom. The van der Waals surface area contributed by atoms with Gasteiger partial charge in [0.05, 0.1) is 19.8 Å². The van der Waals surface area contributed by atoms with E-state index in [4.69, 9.17) is 14.2 Å². The molecule has 0 fully saturated rings. The first-order valence-electron chi connectivity index (χ1n) is 8.39. The van der Waals surface area contributed by atoms with Crippen molar-refractivity contribution in [3.8, 4) is 22.9 Å². The van der Waals surface area contributed by atoms with Gasteiger partial charge in [-0.25, -0.2) is 9.78 Å². The smallest absolute Gasteiger partial charge is 0.338 e. The quantitative estimate of drug-likeness (QED) is 0.610. The average molecular weight is 381 g/mol. The van der Waals surface area contributed by atoms with Gasteiger partial charge in [0.15, 0.2) is 6.61 Å². The van der Waals surface area contributed by atoms with Crippen molar-refractivity contribution in [2.24, 2.45) is 0 Å². The lowest BCUT2D eigenvalue weighted by Crippen LogP contribution is -2.21. The lowest BCUT2D eigenvalue weighted by molar-refractivity contribution is -0.119. The van der Waals surface area contributed by atoms with Crippen molar-refractivity contribution in [3.63, 3.8) is 0 Å². The number of aromatic amines is 1. The molecule has 144 valence electrons. The molecule has 8 nitrogen and oxygen atoms in total. The van der Waals surface area contributed by atoms with Gasteiger partial charge in [0.2, 0.25) is 0 Å². The first kappa shape index (κ1) is 19.0. The van der Waals surface area contributed by atoms with Crippen LogP contribution in [0.3, 0.4) is 0 Å². The standard InChI is InChI=1S/C20H19N3O5/c1-26-16-9-15(10-17(11-16)27-2)23-18(24)12-28-20(25)14-5-3-13(4-6-14)19-21-7-8-22-19/h3-11H,12H2,1-2H3,(H,21,22)(H,23,24). The monoisotopic (exact) mass is 381 g/mol. The van der Waals surface area contributed by atoms with Crippen LogP contribution < -0.4 is 14.8 Å². The molecule has 2 N–H and O–H groups in total. The number of imidazole rings is 1. The molecule has 8 heteroatoms. The summed E-state index contributed by atoms with van der Waals surface area (Å²) in [5, 5.41) is 2.64. The van der Waals surface area contributed by atoms with Crippen LogP contribution in [0.4, 0.5) is 5.69 Å². The van der Waals surface area contributed by atoms with Crippen LogP contribution in [-0.4, -0.2) is 42.7 Å². The Balaban J connectivity index is 1.56. The highest BCUT2D eigenvalue weighted by Gasteiger charge is 2.12. The summed E-state index contributed by atoms with van der Waals surface area (Å²) >= 11 is 0. The lowest BCUT2D eigenvalue weighted by atomic mass is 10.1. The van der Waals surface area contributed by atoms with E-state index in [1.165, 1.54) is 14.2 Å². The molecule has 0 aliphatic heterocycles. The third-order valence-electron chi connectivity index (χ3n) is 3.86. The molecule has 0 radical (unpaired) electrons. The number of amides is 1. The van der Waals surface area contributed by atoms with Crippen molar-refractivity contribution in [2.45, 2.75) is 0 Å². The predicted molar refractivity (Wildman–Crippen MR) is 102 cm³/mol. The van der Waals surface area contributed by atoms with Gasteiger partial charge in [-0.3, -0.25) is 4.79 Å². The number of hydrogen-bond acceptors (Lipinski definition) is 6. The van der Waals surface area contributed by atoms with Crippen molar-refractivity contribution in [3.05, 3.63) is 60.4 Å². The van der Waals surface area contributed by atoms with E-state index in [0.29, 0.717) is 28.6 Å². The van der Waals surface area contributed by atoms with Crippen LogP contribution in [0.15, 0.2) is 54.9 Å². The largest absolute Gasteiger partial charge is 0.497 e. The van der Waals surface area contributed by atoms with E-state index in [0.717, 1.165) is 5.56 Å². The van der Waals surface area contributed by atoms with E-state index >= 15 is 0 Å². The van der Waals surface area contributed by atoms with E-state index < -0.39 is 18.5 Å². The second-order valence-corrected chi connectivity index (χ2v) is 5.74. The Hall–Kier alpha value is -3.81. The Kier molecular flexibility index (Phi) is 5.91. The van der Waals surface area contributed by atoms with Crippen molar-refractivity contribution >= 4 is 17.6 Å². The first-order chi connectivity index (χ1) is 13.6. The van der Waals surface area contributed by atoms with Crippen molar-refractivity contribution in [2.75, 3.05) is 26.1 Å². The van der Waals surface area contributed by atoms with E-state index in [-0.39, 0.29) is 0 Å². The number of nitrogens with zero attached hydrogens (tertiary/aromatic N) is 1. The third kappa shape index (κ3) is 4.67. The fraction of sp³-hybridized carbons (Fsp3) is 0.150. The molecule has 0 saturated carbocycles. The number of aromatic nitrogens is 2. The predicted octanol–water partition coefficient (Wildman–Crippen LogP) is 2.89. The minimum atomic E-state index is -0.593. The fourth-order valence-electron chi connectivity index (χ4n) is 2.48. The molecule has 2 aromatic carbocycles. The number of H-pyrrole nitrogens is 1. The number of hydrogen-bond donors (Lipinski definition) is 2. The van der Waals surface area contributed by atoms with Gasteiger partial charge in [0.25, 0.3) is 5.91 Å². The summed E-state index contributed by atoms with van der Waals surface area (Å²) in [6.45, 7) is -0.418. The highest BCUT2D eigenvalue weighted by molar-refractivity contribution is 5.95. The summed E-state index contributed by atoms with van der Waals surface area (Å²) in [5.74, 6) is 0.694. The number of methoxy groups -OCH3 is 2. The number of carbonyl (C=O) groups is 2. The molecule has 0 bridgehead atoms. The number of benzene rings is 2. The summed E-state index contributed by atoms with van der Waals surface area (Å²) in [6.07, 6.45) is 3.36. The van der Waals surface area contributed by atoms with Gasteiger partial charge in [-0.1, -0.05) is 12.1 Å². The lowest BCUT2D eigenvalue weighted by Gasteiger charge is -2.10. The van der Waals surface area contributed by atoms with Crippen LogP contribution in [0.2, 0.25) is 0 Å². The molecule has 0 atom stereocenters. The minimum Gasteiger partial charge on any atom is -0.497 e. The van der Waals surface area contributed by atoms with Crippen molar-refractivity contribution in [1.29, 1.82) is 0 Å². The molecular weight excluding hydrogens is 362 g/mol. The number of esters is 1. The van der Waals surface area contributed by atoms with Gasteiger partial charge in [0.1, 0.15) is 17.3 Å². The third-order valence-corrected chi connectivity index (χ3v) is 3.86. The molecule has 28 heavy (non-hydrogen) atoms. The summed E-state index contributed by atoms with van der Waals surface area (Å²) in [7, 11) is 3.03. The zero-order chi connectivity index (χ0) is 19.9. The van der Waals surface area contributed by atoms with Gasteiger partial charge >= 0.3 is 5.97 Å². The molecule has 1 heterocycles. The first-order valence-corrected chi connectivity index (χ1v) is 8.39. The van der Waals surface area contributed by atoms with E-state index in [1.54, 1.807) is 54.9 Å². The zero-order valence-corrected chi connectivity index (χ0v) is 15.4. The van der Waals surface area contributed by atoms with Crippen LogP contribution in [0.25, 0.3) is 11.4 Å². The summed E-state index contributed by atoms with van der Waals surface area (Å²) in [6, 6.07) is 11.7. The molecule has 0 unspecified atom stereocenters. The Bertz CT molecular complexity index is 930. The van der Waals surface area contributed by atoms with Gasteiger partial charge in [0, 0.05) is 41.8 Å².